The van der Waals surface area contributed by atoms with Gasteiger partial charge in [-0.05, 0) is 0 Å². The molecular formula is C12H36N2PbSi4+2. The maximum atomic E-state index is 3.14. The third-order valence-corrected chi connectivity index (χ3v) is 52.7. The zero-order valence-electron chi connectivity index (χ0n) is 15.4. The van der Waals surface area contributed by atoms with E-state index in [0.717, 1.165) is 0 Å². The summed E-state index contributed by atoms with van der Waals surface area (Å²) in [5.74, 6) is 0. The molecule has 112 valence electrons. The van der Waals surface area contributed by atoms with Gasteiger partial charge in [-0.3, -0.25) is 0 Å². The molecule has 0 aliphatic heterocycles. The molecule has 0 aromatic rings. The molecule has 0 rings (SSSR count). The van der Waals surface area contributed by atoms with E-state index in [1.54, 1.807) is 0 Å². The molecule has 0 aliphatic rings. The Bertz CT molecular complexity index is 239. The SMILES string of the molecule is C[Si](C)(C)[N]([Pb+2][N]([Si](C)(C)C)[Si](C)(C)C)[Si](C)(C)C. The van der Waals surface area contributed by atoms with Crippen LogP contribution in [0.5, 0.6) is 0 Å². The maximum absolute atomic E-state index is 3.14. The van der Waals surface area contributed by atoms with Crippen molar-refractivity contribution in [2.75, 3.05) is 0 Å². The van der Waals surface area contributed by atoms with E-state index in [9.17, 15) is 0 Å². The van der Waals surface area contributed by atoms with Crippen molar-refractivity contribution in [1.29, 1.82) is 0 Å². The van der Waals surface area contributed by atoms with Crippen LogP contribution in [0.1, 0.15) is 0 Å². The fourth-order valence-electron chi connectivity index (χ4n) is 2.71. The Morgan fingerprint density at radius 3 is 0.684 bits per heavy atom. The Labute approximate surface area is 139 Å². The van der Waals surface area contributed by atoms with Crippen LogP contribution in [0.4, 0.5) is 0 Å². The third-order valence-electron chi connectivity index (χ3n) is 2.88. The van der Waals surface area contributed by atoms with Gasteiger partial charge in [-0.15, -0.1) is 0 Å². The van der Waals surface area contributed by atoms with E-state index >= 15 is 0 Å². The molecule has 0 unspecified atom stereocenters. The topological polar surface area (TPSA) is 6.48 Å². The minimum atomic E-state index is -1.16. The summed E-state index contributed by atoms with van der Waals surface area (Å²) in [5, 5.41) is 0. The summed E-state index contributed by atoms with van der Waals surface area (Å²) in [7, 11) is -4.63. The molecule has 0 N–H and O–H groups in total. The first-order chi connectivity index (χ1) is 7.97. The van der Waals surface area contributed by atoms with Crippen LogP contribution < -0.4 is 0 Å². The second-order valence-corrected chi connectivity index (χ2v) is 40.7. The van der Waals surface area contributed by atoms with E-state index < -0.39 is 57.8 Å². The number of rotatable bonds is 6. The molecule has 0 aromatic carbocycles. The van der Waals surface area contributed by atoms with Gasteiger partial charge < -0.3 is 0 Å². The number of hydrogen-bond donors (Lipinski definition) is 0. The third kappa shape index (κ3) is 7.00. The van der Waals surface area contributed by atoms with Gasteiger partial charge in [-0.1, -0.05) is 0 Å². The zero-order chi connectivity index (χ0) is 15.9. The molecular weight excluding hydrogens is 492 g/mol. The van der Waals surface area contributed by atoms with Gasteiger partial charge in [0.1, 0.15) is 0 Å². The van der Waals surface area contributed by atoms with Gasteiger partial charge >= 0.3 is 140 Å². The van der Waals surface area contributed by atoms with Crippen LogP contribution in [-0.4, -0.2) is 61.9 Å². The van der Waals surface area contributed by atoms with Crippen LogP contribution in [0.3, 0.4) is 0 Å². The van der Waals surface area contributed by atoms with E-state index in [2.05, 4.69) is 82.6 Å². The summed E-state index contributed by atoms with van der Waals surface area (Å²) in [6.45, 7) is 30.7. The molecule has 0 aromatic heterocycles. The molecule has 0 fully saturated rings. The first-order valence-electron chi connectivity index (χ1n) is 7.34. The van der Waals surface area contributed by atoms with Crippen molar-refractivity contribution in [3.8, 4) is 0 Å². The van der Waals surface area contributed by atoms with Gasteiger partial charge in [0.15, 0.2) is 0 Å². The van der Waals surface area contributed by atoms with E-state index in [0.29, 0.717) is 0 Å². The number of hydrogen-bond acceptors (Lipinski definition) is 2. The first kappa shape index (κ1) is 20.7. The second kappa shape index (κ2) is 6.45. The van der Waals surface area contributed by atoms with Crippen molar-refractivity contribution < 1.29 is 0 Å². The molecule has 0 heterocycles. The Morgan fingerprint density at radius 2 is 0.579 bits per heavy atom. The minimum absolute atomic E-state index is 0.863. The fourth-order valence-corrected chi connectivity index (χ4v) is 41.8. The Balaban J connectivity index is 5.43. The van der Waals surface area contributed by atoms with E-state index in [4.69, 9.17) is 0 Å². The molecule has 0 amide bonds. The zero-order valence-corrected chi connectivity index (χ0v) is 23.3. The van der Waals surface area contributed by atoms with Gasteiger partial charge in [-0.2, -0.15) is 0 Å². The van der Waals surface area contributed by atoms with Crippen LogP contribution in [0.2, 0.25) is 78.6 Å². The standard InChI is InChI=1S/2C6H18NSi2.Pb/c2*1-8(2,3)7-9(4,5)6;/h2*1-6H3;/q2*-1;+4. The van der Waals surface area contributed by atoms with Crippen molar-refractivity contribution in [3.63, 3.8) is 0 Å². The molecule has 0 atom stereocenters. The van der Waals surface area contributed by atoms with E-state index in [-0.39, 0.29) is 0 Å². The predicted molar refractivity (Wildman–Crippen MR) is 103 cm³/mol. The van der Waals surface area contributed by atoms with Crippen molar-refractivity contribution >= 4 is 57.8 Å². The van der Waals surface area contributed by atoms with Crippen LogP contribution >= 0.6 is 0 Å². The number of nitrogens with zero attached hydrogens (tertiary/aromatic N) is 2. The molecule has 0 spiro atoms. The predicted octanol–water partition coefficient (Wildman–Crippen LogP) is 4.46. The molecule has 7 heteroatoms. The average Bonchev–Trinajstić information content (AvgIpc) is 1.91. The quantitative estimate of drug-likeness (QED) is 0.471. The summed E-state index contributed by atoms with van der Waals surface area (Å²) < 4.78 is 6.27. The molecule has 0 saturated carbocycles. The summed E-state index contributed by atoms with van der Waals surface area (Å²) in [6, 6.07) is 0. The van der Waals surface area contributed by atoms with Crippen molar-refractivity contribution in [3.05, 3.63) is 0 Å². The molecule has 0 radical (unpaired) electrons. The Kier molecular flexibility index (Phi) is 7.03. The summed E-state index contributed by atoms with van der Waals surface area (Å²) in [4.78, 5) is 0. The fraction of sp³-hybridized carbons (Fsp3) is 1.00. The first-order valence-corrected chi connectivity index (χ1v) is 24.6. The van der Waals surface area contributed by atoms with Gasteiger partial charge in [0.25, 0.3) is 0 Å². The van der Waals surface area contributed by atoms with Gasteiger partial charge in [0.05, 0.1) is 0 Å². The van der Waals surface area contributed by atoms with Crippen LogP contribution in [-0.2, 0) is 0 Å². The molecule has 2 nitrogen and oxygen atoms in total. The van der Waals surface area contributed by atoms with Gasteiger partial charge in [0.2, 0.25) is 0 Å². The van der Waals surface area contributed by atoms with Crippen molar-refractivity contribution in [1.82, 2.24) is 4.08 Å². The molecule has 0 saturated heterocycles. The van der Waals surface area contributed by atoms with E-state index in [1.165, 1.54) is 0 Å². The van der Waals surface area contributed by atoms with Crippen LogP contribution in [0.25, 0.3) is 0 Å². The van der Waals surface area contributed by atoms with Crippen LogP contribution in [0, 0.1) is 0 Å². The van der Waals surface area contributed by atoms with Crippen molar-refractivity contribution in [2.24, 2.45) is 0 Å². The summed E-state index contributed by atoms with van der Waals surface area (Å²) in [6.07, 6.45) is 0. The average molecular weight is 528 g/mol. The Hall–Kier alpha value is 1.71. The normalized spacial score (nSPS) is 15.1. The second-order valence-electron chi connectivity index (χ2n) is 9.45. The van der Waals surface area contributed by atoms with Gasteiger partial charge in [0, 0.05) is 0 Å². The van der Waals surface area contributed by atoms with E-state index in [1.807, 2.05) is 0 Å². The van der Waals surface area contributed by atoms with Gasteiger partial charge in [-0.25, -0.2) is 0 Å². The molecule has 19 heavy (non-hydrogen) atoms. The van der Waals surface area contributed by atoms with Crippen LogP contribution in [0.15, 0.2) is 0 Å². The summed E-state index contributed by atoms with van der Waals surface area (Å²) >= 11 is -0.863. The summed E-state index contributed by atoms with van der Waals surface area (Å²) in [5.41, 5.74) is 0. The molecule has 0 bridgehead atoms. The Morgan fingerprint density at radius 1 is 0.421 bits per heavy atom. The van der Waals surface area contributed by atoms with Crippen molar-refractivity contribution in [2.45, 2.75) is 78.6 Å². The molecule has 0 aliphatic carbocycles. The monoisotopic (exact) mass is 528 g/mol.